The van der Waals surface area contributed by atoms with Gasteiger partial charge in [0.1, 0.15) is 0 Å². The molecule has 0 atom stereocenters. The maximum Gasteiger partial charge on any atom is 0.151 e. The van der Waals surface area contributed by atoms with Crippen molar-refractivity contribution in [3.63, 3.8) is 0 Å². The molecular formula is C14H14ClN3. The zero-order valence-electron chi connectivity index (χ0n) is 9.94. The maximum absolute atomic E-state index is 6.25. The van der Waals surface area contributed by atoms with Crippen molar-refractivity contribution in [3.05, 3.63) is 47.1 Å². The van der Waals surface area contributed by atoms with E-state index in [1.807, 2.05) is 6.07 Å². The van der Waals surface area contributed by atoms with Crippen LogP contribution in [0.15, 0.2) is 36.5 Å². The Morgan fingerprint density at radius 2 is 2.11 bits per heavy atom. The molecule has 2 N–H and O–H groups in total. The summed E-state index contributed by atoms with van der Waals surface area (Å²) in [6, 6.07) is 10.1. The molecule has 0 radical (unpaired) electrons. The first-order valence-corrected chi connectivity index (χ1v) is 6.40. The van der Waals surface area contributed by atoms with Crippen molar-refractivity contribution in [2.24, 2.45) is 0 Å². The third-order valence-electron chi connectivity index (χ3n) is 3.21. The molecule has 18 heavy (non-hydrogen) atoms. The Bertz CT molecular complexity index is 583. The monoisotopic (exact) mass is 259 g/mol. The summed E-state index contributed by atoms with van der Waals surface area (Å²) in [7, 11) is 0. The summed E-state index contributed by atoms with van der Waals surface area (Å²) < 4.78 is 0. The van der Waals surface area contributed by atoms with Gasteiger partial charge in [-0.25, -0.2) is 4.98 Å². The van der Waals surface area contributed by atoms with Crippen LogP contribution in [0.1, 0.15) is 12.0 Å². The second kappa shape index (κ2) is 4.50. The van der Waals surface area contributed by atoms with Crippen LogP contribution in [0.3, 0.4) is 0 Å². The summed E-state index contributed by atoms with van der Waals surface area (Å²) >= 11 is 6.25. The van der Waals surface area contributed by atoms with Crippen LogP contribution in [0, 0.1) is 0 Å². The van der Waals surface area contributed by atoms with Crippen molar-refractivity contribution in [3.8, 4) is 0 Å². The SMILES string of the molecule is Nc1cnc(N2CCCc3ccccc32)c(Cl)c1. The van der Waals surface area contributed by atoms with E-state index >= 15 is 0 Å². The third-order valence-corrected chi connectivity index (χ3v) is 3.49. The lowest BCUT2D eigenvalue weighted by molar-refractivity contribution is 0.760. The van der Waals surface area contributed by atoms with Crippen LogP contribution in [-0.2, 0) is 6.42 Å². The fourth-order valence-electron chi connectivity index (χ4n) is 2.40. The van der Waals surface area contributed by atoms with Gasteiger partial charge in [0.2, 0.25) is 0 Å². The highest BCUT2D eigenvalue weighted by molar-refractivity contribution is 6.33. The Hall–Kier alpha value is -1.74. The molecule has 0 unspecified atom stereocenters. The predicted molar refractivity (Wildman–Crippen MR) is 75.4 cm³/mol. The van der Waals surface area contributed by atoms with E-state index in [0.717, 1.165) is 25.2 Å². The van der Waals surface area contributed by atoms with Crippen LogP contribution in [0.5, 0.6) is 0 Å². The second-order valence-electron chi connectivity index (χ2n) is 4.46. The summed E-state index contributed by atoms with van der Waals surface area (Å²) in [6.07, 6.45) is 3.87. The van der Waals surface area contributed by atoms with Gasteiger partial charge in [-0.1, -0.05) is 29.8 Å². The molecule has 1 aromatic carbocycles. The van der Waals surface area contributed by atoms with E-state index in [1.165, 1.54) is 11.3 Å². The Balaban J connectivity index is 2.08. The normalized spacial score (nSPS) is 14.4. The van der Waals surface area contributed by atoms with Gasteiger partial charge in [0.25, 0.3) is 0 Å². The van der Waals surface area contributed by atoms with Gasteiger partial charge >= 0.3 is 0 Å². The highest BCUT2D eigenvalue weighted by Gasteiger charge is 2.20. The Kier molecular flexibility index (Phi) is 2.84. The summed E-state index contributed by atoms with van der Waals surface area (Å²) in [5, 5.41) is 0.603. The topological polar surface area (TPSA) is 42.1 Å². The molecule has 4 heteroatoms. The molecule has 2 aromatic rings. The zero-order valence-corrected chi connectivity index (χ0v) is 10.7. The van der Waals surface area contributed by atoms with Crippen molar-refractivity contribution in [2.75, 3.05) is 17.2 Å². The lowest BCUT2D eigenvalue weighted by Gasteiger charge is -2.30. The van der Waals surface area contributed by atoms with Crippen molar-refractivity contribution in [1.82, 2.24) is 4.98 Å². The van der Waals surface area contributed by atoms with E-state index in [4.69, 9.17) is 17.3 Å². The van der Waals surface area contributed by atoms with E-state index in [-0.39, 0.29) is 0 Å². The molecule has 1 aliphatic heterocycles. The number of fused-ring (bicyclic) bond motifs is 1. The van der Waals surface area contributed by atoms with Crippen LogP contribution in [0.25, 0.3) is 0 Å². The molecule has 1 aliphatic rings. The largest absolute Gasteiger partial charge is 0.397 e. The van der Waals surface area contributed by atoms with Gasteiger partial charge in [-0.3, -0.25) is 0 Å². The molecule has 2 heterocycles. The van der Waals surface area contributed by atoms with Gasteiger partial charge < -0.3 is 10.6 Å². The summed E-state index contributed by atoms with van der Waals surface area (Å²) in [5.41, 5.74) is 8.82. The van der Waals surface area contributed by atoms with Crippen LogP contribution in [0.2, 0.25) is 5.02 Å². The number of benzene rings is 1. The van der Waals surface area contributed by atoms with Crippen LogP contribution < -0.4 is 10.6 Å². The smallest absolute Gasteiger partial charge is 0.151 e. The van der Waals surface area contributed by atoms with Gasteiger partial charge in [-0.05, 0) is 30.5 Å². The Labute approximate surface area is 111 Å². The Morgan fingerprint density at radius 3 is 2.94 bits per heavy atom. The molecule has 0 saturated heterocycles. The lowest BCUT2D eigenvalue weighted by atomic mass is 10.0. The fraction of sp³-hybridized carbons (Fsp3) is 0.214. The minimum Gasteiger partial charge on any atom is -0.397 e. The van der Waals surface area contributed by atoms with Gasteiger partial charge in [0, 0.05) is 12.2 Å². The van der Waals surface area contributed by atoms with E-state index < -0.39 is 0 Å². The van der Waals surface area contributed by atoms with E-state index in [0.29, 0.717) is 10.7 Å². The van der Waals surface area contributed by atoms with E-state index in [1.54, 1.807) is 12.3 Å². The second-order valence-corrected chi connectivity index (χ2v) is 4.87. The first kappa shape index (κ1) is 11.4. The Morgan fingerprint density at radius 1 is 1.28 bits per heavy atom. The number of anilines is 3. The van der Waals surface area contributed by atoms with Crippen LogP contribution >= 0.6 is 11.6 Å². The average Bonchev–Trinajstić information content (AvgIpc) is 2.38. The van der Waals surface area contributed by atoms with Crippen molar-refractivity contribution in [2.45, 2.75) is 12.8 Å². The summed E-state index contributed by atoms with van der Waals surface area (Å²) in [6.45, 7) is 0.938. The number of pyridine rings is 1. The fourth-order valence-corrected chi connectivity index (χ4v) is 2.67. The lowest BCUT2D eigenvalue weighted by Crippen LogP contribution is -2.25. The molecule has 3 rings (SSSR count). The van der Waals surface area contributed by atoms with Crippen LogP contribution in [0.4, 0.5) is 17.2 Å². The number of hydrogen-bond acceptors (Lipinski definition) is 3. The number of hydrogen-bond donors (Lipinski definition) is 1. The number of nitrogens with zero attached hydrogens (tertiary/aromatic N) is 2. The summed E-state index contributed by atoms with van der Waals surface area (Å²) in [5.74, 6) is 0.790. The standard InChI is InChI=1S/C14H14ClN3/c15-12-8-11(16)9-17-14(12)18-7-3-5-10-4-1-2-6-13(10)18/h1-2,4,6,8-9H,3,5,7,16H2. The summed E-state index contributed by atoms with van der Waals surface area (Å²) in [4.78, 5) is 6.54. The number of aromatic nitrogens is 1. The molecule has 0 saturated carbocycles. The van der Waals surface area contributed by atoms with Crippen LogP contribution in [-0.4, -0.2) is 11.5 Å². The molecule has 3 nitrogen and oxygen atoms in total. The number of nitrogen functional groups attached to an aromatic ring is 1. The first-order chi connectivity index (χ1) is 8.75. The van der Waals surface area contributed by atoms with Gasteiger partial charge in [-0.15, -0.1) is 0 Å². The average molecular weight is 260 g/mol. The van der Waals surface area contributed by atoms with Crippen molar-refractivity contribution < 1.29 is 0 Å². The first-order valence-electron chi connectivity index (χ1n) is 6.02. The maximum atomic E-state index is 6.25. The number of nitrogens with two attached hydrogens (primary N) is 1. The van der Waals surface area contributed by atoms with Crippen molar-refractivity contribution in [1.29, 1.82) is 0 Å². The minimum atomic E-state index is 0.592. The molecule has 0 fully saturated rings. The van der Waals surface area contributed by atoms with E-state index in [9.17, 15) is 0 Å². The molecule has 0 amide bonds. The molecule has 0 aliphatic carbocycles. The zero-order chi connectivity index (χ0) is 12.5. The van der Waals surface area contributed by atoms with Gasteiger partial charge in [0.05, 0.1) is 16.9 Å². The van der Waals surface area contributed by atoms with E-state index in [2.05, 4.69) is 28.1 Å². The number of para-hydroxylation sites is 1. The molecule has 0 bridgehead atoms. The van der Waals surface area contributed by atoms with Gasteiger partial charge in [0.15, 0.2) is 5.82 Å². The molecule has 1 aromatic heterocycles. The van der Waals surface area contributed by atoms with Crippen molar-refractivity contribution >= 4 is 28.8 Å². The highest BCUT2D eigenvalue weighted by Crippen LogP contribution is 2.36. The highest BCUT2D eigenvalue weighted by atomic mass is 35.5. The number of halogens is 1. The predicted octanol–water partition coefficient (Wildman–Crippen LogP) is 3.40. The quantitative estimate of drug-likeness (QED) is 0.853. The number of aryl methyl sites for hydroxylation is 1. The molecule has 0 spiro atoms. The minimum absolute atomic E-state index is 0.592. The van der Waals surface area contributed by atoms with Gasteiger partial charge in [-0.2, -0.15) is 0 Å². The third kappa shape index (κ3) is 1.91. The number of rotatable bonds is 1. The molecule has 92 valence electrons. The molecular weight excluding hydrogens is 246 g/mol.